The summed E-state index contributed by atoms with van der Waals surface area (Å²) in [6.07, 6.45) is 1.54. The molecule has 1 unspecified atom stereocenters. The van der Waals surface area contributed by atoms with Crippen molar-refractivity contribution in [1.82, 2.24) is 4.90 Å². The molecule has 0 radical (unpaired) electrons. The predicted molar refractivity (Wildman–Crippen MR) is 75.9 cm³/mol. The summed E-state index contributed by atoms with van der Waals surface area (Å²) < 4.78 is 13.0. The number of carbonyl (C=O) groups is 1. The number of piperidine rings is 1. The number of hydrogen-bond donors (Lipinski definition) is 2. The lowest BCUT2D eigenvalue weighted by atomic mass is 9.92. The molecule has 0 spiro atoms. The van der Waals surface area contributed by atoms with Gasteiger partial charge in [-0.3, -0.25) is 9.69 Å². The molecule has 1 aliphatic heterocycles. The average molecular weight is 280 g/mol. The van der Waals surface area contributed by atoms with Crippen molar-refractivity contribution in [3.05, 3.63) is 30.1 Å². The summed E-state index contributed by atoms with van der Waals surface area (Å²) in [5, 5.41) is 12.2. The minimum absolute atomic E-state index is 0.133. The number of hydrogen-bond acceptors (Lipinski definition) is 3. The van der Waals surface area contributed by atoms with E-state index in [0.717, 1.165) is 25.9 Å². The monoisotopic (exact) mass is 280 g/mol. The van der Waals surface area contributed by atoms with Gasteiger partial charge in [0.25, 0.3) is 0 Å². The molecule has 1 aromatic carbocycles. The van der Waals surface area contributed by atoms with Crippen molar-refractivity contribution in [2.45, 2.75) is 25.9 Å². The van der Waals surface area contributed by atoms with Crippen LogP contribution in [0, 0.1) is 11.7 Å². The number of likely N-dealkylation sites (tertiary alicyclic amines) is 1. The molecule has 20 heavy (non-hydrogen) atoms. The lowest BCUT2D eigenvalue weighted by Crippen LogP contribution is -2.41. The number of nitrogens with zero attached hydrogens (tertiary/aromatic N) is 1. The lowest BCUT2D eigenvalue weighted by molar-refractivity contribution is -0.117. The Morgan fingerprint density at radius 3 is 2.80 bits per heavy atom. The zero-order valence-electron chi connectivity index (χ0n) is 11.7. The first-order valence-electron chi connectivity index (χ1n) is 7.00. The summed E-state index contributed by atoms with van der Waals surface area (Å²) in [6, 6.07) is 5.88. The molecular formula is C15H21FN2O2. The molecule has 4 nitrogen and oxygen atoms in total. The second-order valence-corrected chi connectivity index (χ2v) is 5.41. The van der Waals surface area contributed by atoms with E-state index in [9.17, 15) is 14.3 Å². The normalized spacial score (nSPS) is 18.8. The van der Waals surface area contributed by atoms with E-state index in [-0.39, 0.29) is 17.8 Å². The minimum atomic E-state index is -0.361. The third-order valence-electron chi connectivity index (χ3n) is 3.79. The van der Waals surface area contributed by atoms with E-state index in [1.54, 1.807) is 12.1 Å². The molecule has 1 aromatic rings. The maximum absolute atomic E-state index is 13.0. The van der Waals surface area contributed by atoms with Crippen LogP contribution in [0.25, 0.3) is 0 Å². The Morgan fingerprint density at radius 1 is 1.50 bits per heavy atom. The molecule has 0 aromatic heterocycles. The van der Waals surface area contributed by atoms with Crippen LogP contribution in [-0.2, 0) is 4.79 Å². The Morgan fingerprint density at radius 2 is 2.20 bits per heavy atom. The summed E-state index contributed by atoms with van der Waals surface area (Å²) >= 11 is 0. The number of anilines is 1. The van der Waals surface area contributed by atoms with E-state index < -0.39 is 0 Å². The molecule has 1 amide bonds. The summed E-state index contributed by atoms with van der Waals surface area (Å²) in [5.41, 5.74) is 0.480. The number of aliphatic hydroxyl groups is 1. The van der Waals surface area contributed by atoms with Gasteiger partial charge in [0.05, 0.1) is 12.6 Å². The summed E-state index contributed by atoms with van der Waals surface area (Å²) in [7, 11) is 0. The molecule has 0 aliphatic carbocycles. The van der Waals surface area contributed by atoms with Crippen molar-refractivity contribution in [2.75, 3.05) is 25.0 Å². The highest BCUT2D eigenvalue weighted by atomic mass is 19.1. The topological polar surface area (TPSA) is 52.6 Å². The van der Waals surface area contributed by atoms with Crippen LogP contribution in [-0.4, -0.2) is 41.7 Å². The molecule has 1 atom stereocenters. The SMILES string of the molecule is CC(O)C1CCN(CC(=O)Nc2cccc(F)c2)CC1. The molecule has 2 N–H and O–H groups in total. The predicted octanol–water partition coefficient (Wildman–Crippen LogP) is 1.86. The second kappa shape index (κ2) is 6.81. The van der Waals surface area contributed by atoms with Crippen LogP contribution in [0.4, 0.5) is 10.1 Å². The van der Waals surface area contributed by atoms with E-state index in [1.807, 2.05) is 6.92 Å². The third kappa shape index (κ3) is 4.28. The second-order valence-electron chi connectivity index (χ2n) is 5.41. The Bertz CT molecular complexity index is 457. The molecular weight excluding hydrogens is 259 g/mol. The fourth-order valence-electron chi connectivity index (χ4n) is 2.56. The van der Waals surface area contributed by atoms with E-state index in [4.69, 9.17) is 0 Å². The zero-order valence-corrected chi connectivity index (χ0v) is 11.7. The standard InChI is InChI=1S/C15H21FN2O2/c1-11(19)12-5-7-18(8-6-12)10-15(20)17-14-4-2-3-13(16)9-14/h2-4,9,11-12,19H,5-8,10H2,1H3,(H,17,20). The molecule has 0 bridgehead atoms. The number of rotatable bonds is 4. The van der Waals surface area contributed by atoms with Gasteiger partial charge in [0.15, 0.2) is 0 Å². The quantitative estimate of drug-likeness (QED) is 0.885. The van der Waals surface area contributed by atoms with Gasteiger partial charge in [-0.25, -0.2) is 4.39 Å². The number of aliphatic hydroxyl groups excluding tert-OH is 1. The van der Waals surface area contributed by atoms with Crippen molar-refractivity contribution in [3.63, 3.8) is 0 Å². The van der Waals surface area contributed by atoms with Gasteiger partial charge in [0.1, 0.15) is 5.82 Å². The Labute approximate surface area is 118 Å². The molecule has 0 saturated carbocycles. The van der Waals surface area contributed by atoms with Crippen LogP contribution in [0.3, 0.4) is 0 Å². The van der Waals surface area contributed by atoms with Gasteiger partial charge in [-0.1, -0.05) is 6.07 Å². The largest absolute Gasteiger partial charge is 0.393 e. The van der Waals surface area contributed by atoms with Gasteiger partial charge in [-0.15, -0.1) is 0 Å². The van der Waals surface area contributed by atoms with Crippen molar-refractivity contribution in [2.24, 2.45) is 5.92 Å². The van der Waals surface area contributed by atoms with E-state index >= 15 is 0 Å². The fourth-order valence-corrected chi connectivity index (χ4v) is 2.56. The van der Waals surface area contributed by atoms with Gasteiger partial charge in [0, 0.05) is 5.69 Å². The van der Waals surface area contributed by atoms with Crippen LogP contribution in [0.1, 0.15) is 19.8 Å². The number of carbonyl (C=O) groups excluding carboxylic acids is 1. The highest BCUT2D eigenvalue weighted by Gasteiger charge is 2.23. The number of amides is 1. The van der Waals surface area contributed by atoms with E-state index in [2.05, 4.69) is 10.2 Å². The molecule has 2 rings (SSSR count). The van der Waals surface area contributed by atoms with Crippen molar-refractivity contribution < 1.29 is 14.3 Å². The smallest absolute Gasteiger partial charge is 0.238 e. The minimum Gasteiger partial charge on any atom is -0.393 e. The third-order valence-corrected chi connectivity index (χ3v) is 3.79. The first kappa shape index (κ1) is 14.9. The maximum Gasteiger partial charge on any atom is 0.238 e. The van der Waals surface area contributed by atoms with Crippen LogP contribution in [0.5, 0.6) is 0 Å². The molecule has 5 heteroatoms. The van der Waals surface area contributed by atoms with Crippen LogP contribution < -0.4 is 5.32 Å². The van der Waals surface area contributed by atoms with Gasteiger partial charge < -0.3 is 10.4 Å². The van der Waals surface area contributed by atoms with E-state index in [1.165, 1.54) is 12.1 Å². The molecule has 1 aliphatic rings. The number of benzene rings is 1. The molecule has 110 valence electrons. The summed E-state index contributed by atoms with van der Waals surface area (Å²) in [4.78, 5) is 13.9. The lowest BCUT2D eigenvalue weighted by Gasteiger charge is -2.32. The van der Waals surface area contributed by atoms with Crippen molar-refractivity contribution in [1.29, 1.82) is 0 Å². The Kier molecular flexibility index (Phi) is 5.09. The number of halogens is 1. The first-order valence-corrected chi connectivity index (χ1v) is 7.00. The summed E-state index contributed by atoms with van der Waals surface area (Å²) in [6.45, 7) is 3.75. The highest BCUT2D eigenvalue weighted by molar-refractivity contribution is 5.92. The highest BCUT2D eigenvalue weighted by Crippen LogP contribution is 2.20. The van der Waals surface area contributed by atoms with Gasteiger partial charge in [-0.2, -0.15) is 0 Å². The van der Waals surface area contributed by atoms with E-state index in [0.29, 0.717) is 18.2 Å². The molecule has 1 fully saturated rings. The number of nitrogens with one attached hydrogen (secondary N) is 1. The van der Waals surface area contributed by atoms with Crippen LogP contribution in [0.2, 0.25) is 0 Å². The van der Waals surface area contributed by atoms with Gasteiger partial charge in [-0.05, 0) is 57.0 Å². The van der Waals surface area contributed by atoms with Crippen molar-refractivity contribution >= 4 is 11.6 Å². The average Bonchev–Trinajstić information content (AvgIpc) is 2.39. The molecule has 1 saturated heterocycles. The summed E-state index contributed by atoms with van der Waals surface area (Å²) in [5.74, 6) is -0.163. The van der Waals surface area contributed by atoms with Crippen LogP contribution >= 0.6 is 0 Å². The van der Waals surface area contributed by atoms with Crippen molar-refractivity contribution in [3.8, 4) is 0 Å². The Balaban J connectivity index is 1.78. The Hall–Kier alpha value is -1.46. The maximum atomic E-state index is 13.0. The van der Waals surface area contributed by atoms with Gasteiger partial charge in [0.2, 0.25) is 5.91 Å². The molecule has 1 heterocycles. The fraction of sp³-hybridized carbons (Fsp3) is 0.533. The zero-order chi connectivity index (χ0) is 14.5. The van der Waals surface area contributed by atoms with Crippen LogP contribution in [0.15, 0.2) is 24.3 Å². The first-order chi connectivity index (χ1) is 9.54. The van der Waals surface area contributed by atoms with Gasteiger partial charge >= 0.3 is 0 Å².